The first kappa shape index (κ1) is 24.8. The van der Waals surface area contributed by atoms with Gasteiger partial charge in [0.15, 0.2) is 11.5 Å². The summed E-state index contributed by atoms with van der Waals surface area (Å²) in [5.74, 6) is 0.732. The van der Waals surface area contributed by atoms with Crippen LogP contribution in [0.15, 0.2) is 78.9 Å². The summed E-state index contributed by atoms with van der Waals surface area (Å²) in [7, 11) is 1.76. The molecule has 2 N–H and O–H groups in total. The van der Waals surface area contributed by atoms with Gasteiger partial charge in [-0.2, -0.15) is 0 Å². The molecular formula is C27H31N3O4. The van der Waals surface area contributed by atoms with Gasteiger partial charge >= 0.3 is 0 Å². The Balaban J connectivity index is 1.73. The van der Waals surface area contributed by atoms with E-state index in [9.17, 15) is 9.59 Å². The molecule has 178 valence electrons. The van der Waals surface area contributed by atoms with Crippen LogP contribution in [0.2, 0.25) is 0 Å². The fraction of sp³-hybridized carbons (Fsp3) is 0.259. The Morgan fingerprint density at radius 3 is 2.06 bits per heavy atom. The summed E-state index contributed by atoms with van der Waals surface area (Å²) in [6.07, 6.45) is 0. The molecule has 7 heteroatoms. The number of amides is 2. The van der Waals surface area contributed by atoms with Crippen LogP contribution in [0.5, 0.6) is 11.5 Å². The smallest absolute Gasteiger partial charge is 0.246 e. The summed E-state index contributed by atoms with van der Waals surface area (Å²) in [6.45, 7) is 4.80. The number of para-hydroxylation sites is 1. The summed E-state index contributed by atoms with van der Waals surface area (Å²) >= 11 is 0. The molecule has 0 fully saturated rings. The maximum Gasteiger partial charge on any atom is 0.246 e. The summed E-state index contributed by atoms with van der Waals surface area (Å²) in [5, 5.41) is 5.83. The predicted octanol–water partition coefficient (Wildman–Crippen LogP) is 4.73. The van der Waals surface area contributed by atoms with Crippen LogP contribution in [-0.2, 0) is 9.59 Å². The lowest BCUT2D eigenvalue weighted by molar-refractivity contribution is -0.123. The topological polar surface area (TPSA) is 79.9 Å². The molecule has 0 aliphatic rings. The van der Waals surface area contributed by atoms with E-state index in [0.717, 1.165) is 5.56 Å². The number of carbonyl (C=O) groups excluding carboxylic acids is 2. The van der Waals surface area contributed by atoms with Crippen molar-refractivity contribution in [2.24, 2.45) is 0 Å². The third kappa shape index (κ3) is 6.83. The molecule has 34 heavy (non-hydrogen) atoms. The molecule has 0 spiro atoms. The Hall–Kier alpha value is -3.84. The van der Waals surface area contributed by atoms with Crippen molar-refractivity contribution in [3.63, 3.8) is 0 Å². The van der Waals surface area contributed by atoms with Gasteiger partial charge in [0.25, 0.3) is 0 Å². The zero-order valence-electron chi connectivity index (χ0n) is 19.8. The minimum atomic E-state index is -0.647. The van der Waals surface area contributed by atoms with E-state index in [1.807, 2.05) is 74.5 Å². The number of ether oxygens (including phenoxy) is 2. The van der Waals surface area contributed by atoms with E-state index < -0.39 is 6.04 Å². The molecule has 0 saturated carbocycles. The van der Waals surface area contributed by atoms with Crippen molar-refractivity contribution >= 4 is 23.2 Å². The maximum atomic E-state index is 13.2. The number of hydrogen-bond donors (Lipinski definition) is 2. The number of rotatable bonds is 11. The average molecular weight is 462 g/mol. The normalized spacial score (nSPS) is 11.5. The fourth-order valence-electron chi connectivity index (χ4n) is 3.62. The number of carbonyl (C=O) groups is 2. The van der Waals surface area contributed by atoms with Gasteiger partial charge in [0, 0.05) is 17.4 Å². The molecule has 7 nitrogen and oxygen atoms in total. The van der Waals surface area contributed by atoms with Gasteiger partial charge in [0.05, 0.1) is 19.8 Å². The number of nitrogens with zero attached hydrogens (tertiary/aromatic N) is 1. The average Bonchev–Trinajstić information content (AvgIpc) is 2.82. The molecule has 1 unspecified atom stereocenters. The number of hydrogen-bond acceptors (Lipinski definition) is 5. The second-order valence-electron chi connectivity index (χ2n) is 7.66. The van der Waals surface area contributed by atoms with Gasteiger partial charge in [-0.15, -0.1) is 0 Å². The monoisotopic (exact) mass is 461 g/mol. The van der Waals surface area contributed by atoms with E-state index >= 15 is 0 Å². The molecule has 0 aliphatic heterocycles. The van der Waals surface area contributed by atoms with Crippen LogP contribution in [0.3, 0.4) is 0 Å². The van der Waals surface area contributed by atoms with Gasteiger partial charge < -0.3 is 20.1 Å². The maximum absolute atomic E-state index is 13.2. The molecule has 3 rings (SSSR count). The lowest BCUT2D eigenvalue weighted by atomic mass is 10.0. The van der Waals surface area contributed by atoms with Crippen molar-refractivity contribution in [3.05, 3.63) is 84.4 Å². The van der Waals surface area contributed by atoms with Crippen LogP contribution in [-0.4, -0.2) is 43.5 Å². The molecule has 3 aromatic rings. The highest BCUT2D eigenvalue weighted by molar-refractivity contribution is 5.97. The Labute approximate surface area is 200 Å². The van der Waals surface area contributed by atoms with Gasteiger partial charge in [0.2, 0.25) is 11.8 Å². The summed E-state index contributed by atoms with van der Waals surface area (Å²) in [6, 6.07) is 23.3. The number of anilines is 2. The van der Waals surface area contributed by atoms with Gasteiger partial charge in [-0.1, -0.05) is 48.5 Å². The second-order valence-corrected chi connectivity index (χ2v) is 7.66. The molecule has 0 aliphatic carbocycles. The summed E-state index contributed by atoms with van der Waals surface area (Å²) < 4.78 is 11.2. The van der Waals surface area contributed by atoms with E-state index in [2.05, 4.69) is 10.6 Å². The first-order valence-electron chi connectivity index (χ1n) is 11.3. The van der Waals surface area contributed by atoms with Gasteiger partial charge in [-0.25, -0.2) is 0 Å². The van der Waals surface area contributed by atoms with E-state index in [0.29, 0.717) is 36.1 Å². The first-order valence-corrected chi connectivity index (χ1v) is 11.3. The quantitative estimate of drug-likeness (QED) is 0.431. The molecule has 3 aromatic carbocycles. The van der Waals surface area contributed by atoms with Crippen LogP contribution in [0, 0.1) is 0 Å². The van der Waals surface area contributed by atoms with E-state index in [1.54, 1.807) is 30.1 Å². The molecule has 0 saturated heterocycles. The fourth-order valence-corrected chi connectivity index (χ4v) is 3.62. The molecule has 1 atom stereocenters. The van der Waals surface area contributed by atoms with E-state index in [1.165, 1.54) is 0 Å². The van der Waals surface area contributed by atoms with Crippen molar-refractivity contribution < 1.29 is 19.1 Å². The van der Waals surface area contributed by atoms with Crippen LogP contribution in [0.25, 0.3) is 0 Å². The molecule has 0 radical (unpaired) electrons. The highest BCUT2D eigenvalue weighted by Crippen LogP contribution is 2.30. The van der Waals surface area contributed by atoms with Gasteiger partial charge in [-0.3, -0.25) is 14.5 Å². The second kappa shape index (κ2) is 12.4. The van der Waals surface area contributed by atoms with Crippen molar-refractivity contribution in [2.45, 2.75) is 19.9 Å². The van der Waals surface area contributed by atoms with Crippen molar-refractivity contribution in [3.8, 4) is 11.5 Å². The predicted molar refractivity (Wildman–Crippen MR) is 134 cm³/mol. The highest BCUT2D eigenvalue weighted by Gasteiger charge is 2.27. The number of likely N-dealkylation sites (N-methyl/N-ethyl adjacent to an activating group) is 1. The molecule has 0 bridgehead atoms. The van der Waals surface area contributed by atoms with Crippen molar-refractivity contribution in [2.75, 3.05) is 37.4 Å². The van der Waals surface area contributed by atoms with Crippen molar-refractivity contribution in [1.29, 1.82) is 0 Å². The van der Waals surface area contributed by atoms with Crippen LogP contribution >= 0.6 is 0 Å². The molecule has 2 amide bonds. The van der Waals surface area contributed by atoms with Crippen molar-refractivity contribution in [1.82, 2.24) is 4.90 Å². The van der Waals surface area contributed by atoms with Gasteiger partial charge in [-0.05, 0) is 50.7 Å². The molecule has 0 aromatic heterocycles. The molecular weight excluding hydrogens is 430 g/mol. The third-order valence-electron chi connectivity index (χ3n) is 5.07. The largest absolute Gasteiger partial charge is 0.490 e. The Morgan fingerprint density at radius 1 is 0.794 bits per heavy atom. The zero-order valence-corrected chi connectivity index (χ0v) is 19.8. The van der Waals surface area contributed by atoms with E-state index in [-0.39, 0.29) is 18.4 Å². The number of nitrogens with one attached hydrogen (secondary N) is 2. The Morgan fingerprint density at radius 2 is 1.41 bits per heavy atom. The Kier molecular flexibility index (Phi) is 9.05. The highest BCUT2D eigenvalue weighted by atomic mass is 16.5. The minimum absolute atomic E-state index is 0.0128. The number of benzene rings is 3. The summed E-state index contributed by atoms with van der Waals surface area (Å²) in [4.78, 5) is 27.8. The third-order valence-corrected chi connectivity index (χ3v) is 5.07. The van der Waals surface area contributed by atoms with Gasteiger partial charge in [0.1, 0.15) is 6.04 Å². The van der Waals surface area contributed by atoms with Crippen LogP contribution in [0.4, 0.5) is 11.4 Å². The first-order chi connectivity index (χ1) is 16.5. The molecule has 0 heterocycles. The SMILES string of the molecule is CCOc1ccc(NC(=O)CN(C)C(C(=O)Nc2ccccc2)c2ccccc2)cc1OCC. The lowest BCUT2D eigenvalue weighted by Gasteiger charge is -2.27. The van der Waals surface area contributed by atoms with Crippen LogP contribution in [0.1, 0.15) is 25.5 Å². The lowest BCUT2D eigenvalue weighted by Crippen LogP contribution is -2.39. The van der Waals surface area contributed by atoms with Crippen LogP contribution < -0.4 is 20.1 Å². The zero-order chi connectivity index (χ0) is 24.3. The standard InChI is InChI=1S/C27H31N3O4/c1-4-33-23-17-16-22(18-24(23)34-5-2)28-25(31)19-30(3)26(20-12-8-6-9-13-20)27(32)29-21-14-10-7-11-15-21/h6-18,26H,4-5,19H2,1-3H3,(H,28,31)(H,29,32). The minimum Gasteiger partial charge on any atom is -0.490 e. The summed E-state index contributed by atoms with van der Waals surface area (Å²) in [5.41, 5.74) is 2.09. The van der Waals surface area contributed by atoms with E-state index in [4.69, 9.17) is 9.47 Å². The Bertz CT molecular complexity index is 1070.